The molecule has 0 bridgehead atoms. The van der Waals surface area contributed by atoms with E-state index in [1.165, 1.54) is 0 Å². The predicted molar refractivity (Wildman–Crippen MR) is 124 cm³/mol. The summed E-state index contributed by atoms with van der Waals surface area (Å²) in [5, 5.41) is 10.2. The van der Waals surface area contributed by atoms with Crippen molar-refractivity contribution < 1.29 is 19.0 Å². The largest absolute Gasteiger partial charge is 0.482 e. The number of hydrogen-bond donors (Lipinski definition) is 1. The van der Waals surface area contributed by atoms with Gasteiger partial charge in [0.2, 0.25) is 5.88 Å². The predicted octanol–water partition coefficient (Wildman–Crippen LogP) is 5.16. The number of ether oxygens (including phenoxy) is 3. The van der Waals surface area contributed by atoms with Crippen molar-refractivity contribution in [3.63, 3.8) is 0 Å². The summed E-state index contributed by atoms with van der Waals surface area (Å²) in [6, 6.07) is 20.0. The quantitative estimate of drug-likeness (QED) is 0.417. The van der Waals surface area contributed by atoms with Crippen LogP contribution in [-0.4, -0.2) is 12.6 Å². The maximum absolute atomic E-state index is 12.4. The van der Waals surface area contributed by atoms with Gasteiger partial charge >= 0.3 is 5.97 Å². The Labute approximate surface area is 196 Å². The zero-order valence-electron chi connectivity index (χ0n) is 18.1. The molecule has 0 amide bonds. The number of carbonyl (C=O) groups excluding carboxylic acids is 1. The number of nitrogens with zero attached hydrogens (tertiary/aromatic N) is 1. The third-order valence-electron chi connectivity index (χ3n) is 5.54. The van der Waals surface area contributed by atoms with E-state index in [0.717, 1.165) is 16.7 Å². The maximum Gasteiger partial charge on any atom is 0.349 e. The molecule has 0 aromatic heterocycles. The zero-order valence-corrected chi connectivity index (χ0v) is 18.8. The zero-order chi connectivity index (χ0) is 23.5. The van der Waals surface area contributed by atoms with Gasteiger partial charge < -0.3 is 19.9 Å². The highest BCUT2D eigenvalue weighted by Crippen LogP contribution is 2.45. The van der Waals surface area contributed by atoms with Gasteiger partial charge in [0.1, 0.15) is 28.9 Å². The van der Waals surface area contributed by atoms with Crippen molar-refractivity contribution >= 4 is 17.6 Å². The lowest BCUT2D eigenvalue weighted by atomic mass is 9.83. The second kappa shape index (κ2) is 9.27. The molecule has 2 N–H and O–H groups in total. The summed E-state index contributed by atoms with van der Waals surface area (Å²) in [6.45, 7) is 3.66. The number of hydrogen-bond acceptors (Lipinski definition) is 6. The van der Waals surface area contributed by atoms with Crippen LogP contribution in [0.3, 0.4) is 0 Å². The van der Waals surface area contributed by atoms with Gasteiger partial charge in [0.15, 0.2) is 6.61 Å². The minimum Gasteiger partial charge on any atom is -0.482 e. The third-order valence-corrected chi connectivity index (χ3v) is 5.88. The second-order valence-corrected chi connectivity index (χ2v) is 8.01. The molecule has 1 aliphatic rings. The Morgan fingerprint density at radius 3 is 2.67 bits per heavy atom. The van der Waals surface area contributed by atoms with Crippen LogP contribution in [0, 0.1) is 25.2 Å². The second-order valence-electron chi connectivity index (χ2n) is 7.61. The fourth-order valence-electron chi connectivity index (χ4n) is 3.71. The summed E-state index contributed by atoms with van der Waals surface area (Å²) in [5.41, 5.74) is 9.77. The molecular formula is C26H21ClN2O4. The van der Waals surface area contributed by atoms with Crippen LogP contribution in [0.5, 0.6) is 17.2 Å². The fraction of sp³-hybridized carbons (Fsp3) is 0.154. The molecule has 4 rings (SSSR count). The van der Waals surface area contributed by atoms with Crippen molar-refractivity contribution in [1.29, 1.82) is 5.26 Å². The first-order chi connectivity index (χ1) is 15.9. The van der Waals surface area contributed by atoms with Crippen LogP contribution in [0.2, 0.25) is 5.02 Å². The molecule has 1 unspecified atom stereocenters. The van der Waals surface area contributed by atoms with Crippen LogP contribution >= 0.6 is 11.6 Å². The number of rotatable bonds is 5. The SMILES string of the molecule is Cc1cccc(OCC(=O)Oc2ccc3c(c2)OC(N)=C(C#N)C3c2ccccc2Cl)c1C. The molecular weight excluding hydrogens is 440 g/mol. The highest BCUT2D eigenvalue weighted by atomic mass is 35.5. The number of halogens is 1. The van der Waals surface area contributed by atoms with Gasteiger partial charge in [-0.25, -0.2) is 4.79 Å². The van der Waals surface area contributed by atoms with E-state index < -0.39 is 11.9 Å². The first-order valence-corrected chi connectivity index (χ1v) is 10.6. The number of benzene rings is 3. The van der Waals surface area contributed by atoms with Crippen molar-refractivity contribution in [1.82, 2.24) is 0 Å². The van der Waals surface area contributed by atoms with E-state index in [1.54, 1.807) is 30.3 Å². The number of fused-ring (bicyclic) bond motifs is 1. The Hall–Kier alpha value is -3.95. The first kappa shape index (κ1) is 22.3. The highest BCUT2D eigenvalue weighted by Gasteiger charge is 2.32. The molecule has 33 heavy (non-hydrogen) atoms. The van der Waals surface area contributed by atoms with E-state index in [4.69, 9.17) is 31.5 Å². The summed E-state index contributed by atoms with van der Waals surface area (Å²) >= 11 is 6.40. The topological polar surface area (TPSA) is 94.6 Å². The van der Waals surface area contributed by atoms with E-state index in [-0.39, 0.29) is 23.8 Å². The lowest BCUT2D eigenvalue weighted by Crippen LogP contribution is -2.22. The van der Waals surface area contributed by atoms with Gasteiger partial charge in [0, 0.05) is 16.7 Å². The summed E-state index contributed by atoms with van der Waals surface area (Å²) in [6.07, 6.45) is 0. The minimum atomic E-state index is -0.560. The van der Waals surface area contributed by atoms with E-state index >= 15 is 0 Å². The standard InChI is InChI=1S/C26H21ClN2O4/c1-15-6-5-9-22(16(15)2)31-14-24(30)32-17-10-11-19-23(12-17)33-26(29)20(13-28)25(19)18-7-3-4-8-21(18)27/h3-12,25H,14,29H2,1-2H3. The van der Waals surface area contributed by atoms with Gasteiger partial charge in [-0.2, -0.15) is 5.26 Å². The summed E-state index contributed by atoms with van der Waals surface area (Å²) in [5.74, 6) is 0.217. The van der Waals surface area contributed by atoms with Gasteiger partial charge in [-0.1, -0.05) is 48.0 Å². The van der Waals surface area contributed by atoms with Gasteiger partial charge in [0.05, 0.1) is 5.92 Å². The van der Waals surface area contributed by atoms with Gasteiger partial charge in [-0.15, -0.1) is 0 Å². The summed E-state index contributed by atoms with van der Waals surface area (Å²) < 4.78 is 16.7. The number of nitriles is 1. The van der Waals surface area contributed by atoms with E-state index in [9.17, 15) is 10.1 Å². The van der Waals surface area contributed by atoms with E-state index in [1.807, 2.05) is 44.2 Å². The normalized spacial score (nSPS) is 14.7. The molecule has 0 fully saturated rings. The van der Waals surface area contributed by atoms with Crippen molar-refractivity contribution in [2.24, 2.45) is 5.73 Å². The molecule has 6 nitrogen and oxygen atoms in total. The van der Waals surface area contributed by atoms with Crippen molar-refractivity contribution in [2.75, 3.05) is 6.61 Å². The van der Waals surface area contributed by atoms with E-state index in [2.05, 4.69) is 6.07 Å². The van der Waals surface area contributed by atoms with Crippen molar-refractivity contribution in [3.8, 4) is 23.3 Å². The molecule has 1 heterocycles. The molecule has 0 saturated carbocycles. The Bertz CT molecular complexity index is 1310. The van der Waals surface area contributed by atoms with Crippen LogP contribution in [0.25, 0.3) is 0 Å². The Morgan fingerprint density at radius 1 is 1.12 bits per heavy atom. The minimum absolute atomic E-state index is 0.0170. The molecule has 1 atom stereocenters. The number of esters is 1. The molecule has 3 aromatic rings. The van der Waals surface area contributed by atoms with Gasteiger partial charge in [-0.3, -0.25) is 0 Å². The molecule has 166 valence electrons. The Kier molecular flexibility index (Phi) is 6.25. The molecule has 0 spiro atoms. The number of aryl methyl sites for hydroxylation is 1. The van der Waals surface area contributed by atoms with E-state index in [0.29, 0.717) is 22.1 Å². The molecule has 1 aliphatic heterocycles. The van der Waals surface area contributed by atoms with Crippen LogP contribution in [0.1, 0.15) is 28.2 Å². The fourth-order valence-corrected chi connectivity index (χ4v) is 3.95. The van der Waals surface area contributed by atoms with Crippen LogP contribution in [0.4, 0.5) is 0 Å². The highest BCUT2D eigenvalue weighted by molar-refractivity contribution is 6.31. The van der Waals surface area contributed by atoms with Crippen LogP contribution < -0.4 is 19.9 Å². The number of carbonyl (C=O) groups is 1. The Morgan fingerprint density at radius 2 is 1.91 bits per heavy atom. The lowest BCUT2D eigenvalue weighted by Gasteiger charge is -2.27. The van der Waals surface area contributed by atoms with Gasteiger partial charge in [-0.05, 0) is 48.7 Å². The third kappa shape index (κ3) is 4.50. The van der Waals surface area contributed by atoms with Crippen molar-refractivity contribution in [3.05, 3.63) is 99.4 Å². The molecule has 7 heteroatoms. The smallest absolute Gasteiger partial charge is 0.349 e. The Balaban J connectivity index is 1.56. The maximum atomic E-state index is 12.4. The lowest BCUT2D eigenvalue weighted by molar-refractivity contribution is -0.136. The average molecular weight is 461 g/mol. The monoisotopic (exact) mass is 460 g/mol. The molecule has 0 aliphatic carbocycles. The van der Waals surface area contributed by atoms with Crippen LogP contribution in [0.15, 0.2) is 72.1 Å². The van der Waals surface area contributed by atoms with Crippen LogP contribution in [-0.2, 0) is 4.79 Å². The number of allylic oxidation sites excluding steroid dienone is 1. The average Bonchev–Trinajstić information content (AvgIpc) is 2.79. The summed E-state index contributed by atoms with van der Waals surface area (Å²) in [4.78, 5) is 12.4. The summed E-state index contributed by atoms with van der Waals surface area (Å²) in [7, 11) is 0. The molecule has 0 radical (unpaired) electrons. The molecule has 3 aromatic carbocycles. The molecule has 0 saturated heterocycles. The van der Waals surface area contributed by atoms with Crippen molar-refractivity contribution in [2.45, 2.75) is 19.8 Å². The van der Waals surface area contributed by atoms with Gasteiger partial charge in [0.25, 0.3) is 0 Å². The number of nitrogens with two attached hydrogens (primary N) is 1. The first-order valence-electron chi connectivity index (χ1n) is 10.2.